The summed E-state index contributed by atoms with van der Waals surface area (Å²) in [6, 6.07) is 3.71. The number of benzene rings is 1. The van der Waals surface area contributed by atoms with E-state index in [1.54, 1.807) is 0 Å². The van der Waals surface area contributed by atoms with E-state index >= 15 is 0 Å². The average molecular weight is 358 g/mol. The highest BCUT2D eigenvalue weighted by Crippen LogP contribution is 2.31. The predicted molar refractivity (Wildman–Crippen MR) is 88.1 cm³/mol. The van der Waals surface area contributed by atoms with E-state index in [4.69, 9.17) is 9.47 Å². The molecule has 2 rings (SSSR count). The van der Waals surface area contributed by atoms with Crippen LogP contribution in [0.4, 0.5) is 0 Å². The van der Waals surface area contributed by atoms with Crippen LogP contribution in [0.1, 0.15) is 36.7 Å². The first-order valence-corrected chi connectivity index (χ1v) is 8.23. The number of carbonyl (C=O) groups is 1. The van der Waals surface area contributed by atoms with Gasteiger partial charge in [-0.05, 0) is 41.9 Å². The van der Waals surface area contributed by atoms with E-state index in [-0.39, 0.29) is 5.91 Å². The molecular weight excluding hydrogens is 334 g/mol. The lowest BCUT2D eigenvalue weighted by atomic mass is 10.1. The average Bonchev–Trinajstić information content (AvgIpc) is 2.54. The van der Waals surface area contributed by atoms with Gasteiger partial charge in [0.1, 0.15) is 5.75 Å². The Labute approximate surface area is 135 Å². The molecule has 1 aromatic rings. The Bertz CT molecular complexity index is 471. The van der Waals surface area contributed by atoms with Crippen LogP contribution in [-0.2, 0) is 4.74 Å². The zero-order valence-corrected chi connectivity index (χ0v) is 14.8. The van der Waals surface area contributed by atoms with Crippen molar-refractivity contribution in [2.75, 3.05) is 32.9 Å². The Balaban J connectivity index is 0.00000106. The minimum Gasteiger partial charge on any atom is -0.492 e. The van der Waals surface area contributed by atoms with Crippen LogP contribution in [-0.4, -0.2) is 43.7 Å². The number of nitrogens with zero attached hydrogens (tertiary/aromatic N) is 1. The molecule has 0 spiro atoms. The fourth-order valence-electron chi connectivity index (χ4n) is 2.15. The van der Waals surface area contributed by atoms with Gasteiger partial charge in [-0.15, -0.1) is 0 Å². The molecular formula is C16H24BrNO3. The lowest BCUT2D eigenvalue weighted by Gasteiger charge is -2.27. The Kier molecular flexibility index (Phi) is 7.75. The minimum atomic E-state index is 0.0502. The van der Waals surface area contributed by atoms with Crippen LogP contribution in [0.5, 0.6) is 5.75 Å². The van der Waals surface area contributed by atoms with Gasteiger partial charge in [0.25, 0.3) is 5.91 Å². The first-order valence-electron chi connectivity index (χ1n) is 7.44. The third-order valence-electron chi connectivity index (χ3n) is 3.18. The number of hydrogen-bond acceptors (Lipinski definition) is 3. The smallest absolute Gasteiger partial charge is 0.254 e. The van der Waals surface area contributed by atoms with E-state index in [0.717, 1.165) is 15.8 Å². The molecule has 0 saturated carbocycles. The standard InChI is InChI=1S/C14H18BrNO3.C2H6/c1-3-19-13-10(2)11(4-5-12(13)15)14(17)16-6-8-18-9-7-16;1-2/h4-5H,3,6-9H2,1-2H3;1-2H3. The lowest BCUT2D eigenvalue weighted by Crippen LogP contribution is -2.41. The van der Waals surface area contributed by atoms with E-state index < -0.39 is 0 Å². The van der Waals surface area contributed by atoms with E-state index in [1.807, 2.05) is 44.7 Å². The minimum absolute atomic E-state index is 0.0502. The van der Waals surface area contributed by atoms with Crippen LogP contribution < -0.4 is 4.74 Å². The van der Waals surface area contributed by atoms with Gasteiger partial charge >= 0.3 is 0 Å². The molecule has 0 radical (unpaired) electrons. The highest BCUT2D eigenvalue weighted by atomic mass is 79.9. The summed E-state index contributed by atoms with van der Waals surface area (Å²) in [4.78, 5) is 14.3. The molecule has 0 aliphatic carbocycles. The summed E-state index contributed by atoms with van der Waals surface area (Å²) in [6.07, 6.45) is 0. The van der Waals surface area contributed by atoms with Gasteiger partial charge in [-0.3, -0.25) is 4.79 Å². The van der Waals surface area contributed by atoms with E-state index in [2.05, 4.69) is 15.9 Å². The normalized spacial score (nSPS) is 14.2. The third kappa shape index (κ3) is 4.45. The monoisotopic (exact) mass is 357 g/mol. The van der Waals surface area contributed by atoms with E-state index in [0.29, 0.717) is 38.5 Å². The van der Waals surface area contributed by atoms with Crippen molar-refractivity contribution in [3.8, 4) is 5.75 Å². The number of amides is 1. The Morgan fingerprint density at radius 3 is 2.52 bits per heavy atom. The second kappa shape index (κ2) is 9.05. The van der Waals surface area contributed by atoms with Gasteiger partial charge in [-0.25, -0.2) is 0 Å². The van der Waals surface area contributed by atoms with Gasteiger partial charge in [0.05, 0.1) is 24.3 Å². The maximum absolute atomic E-state index is 12.5. The molecule has 1 aliphatic heterocycles. The summed E-state index contributed by atoms with van der Waals surface area (Å²) >= 11 is 3.46. The molecule has 0 unspecified atom stereocenters. The molecule has 1 saturated heterocycles. The predicted octanol–water partition coefficient (Wildman–Crippen LogP) is 3.65. The van der Waals surface area contributed by atoms with Crippen LogP contribution in [0.2, 0.25) is 0 Å². The lowest BCUT2D eigenvalue weighted by molar-refractivity contribution is 0.0302. The Morgan fingerprint density at radius 2 is 1.95 bits per heavy atom. The fourth-order valence-corrected chi connectivity index (χ4v) is 2.69. The molecule has 118 valence electrons. The summed E-state index contributed by atoms with van der Waals surface area (Å²) in [5, 5.41) is 0. The molecule has 1 heterocycles. The van der Waals surface area contributed by atoms with Crippen molar-refractivity contribution in [3.05, 3.63) is 27.7 Å². The molecule has 4 nitrogen and oxygen atoms in total. The van der Waals surface area contributed by atoms with Crippen LogP contribution in [0, 0.1) is 6.92 Å². The van der Waals surface area contributed by atoms with Crippen molar-refractivity contribution in [3.63, 3.8) is 0 Å². The van der Waals surface area contributed by atoms with Crippen molar-refractivity contribution in [1.82, 2.24) is 4.90 Å². The number of ether oxygens (including phenoxy) is 2. The molecule has 0 bridgehead atoms. The SMILES string of the molecule is CC.CCOc1c(Br)ccc(C(=O)N2CCOCC2)c1C. The van der Waals surface area contributed by atoms with Gasteiger partial charge in [-0.2, -0.15) is 0 Å². The topological polar surface area (TPSA) is 38.8 Å². The molecule has 1 aliphatic rings. The Morgan fingerprint density at radius 1 is 1.33 bits per heavy atom. The molecule has 1 aromatic carbocycles. The van der Waals surface area contributed by atoms with Crippen LogP contribution in [0.25, 0.3) is 0 Å². The first-order chi connectivity index (χ1) is 10.1. The van der Waals surface area contributed by atoms with Gasteiger partial charge in [0.15, 0.2) is 0 Å². The van der Waals surface area contributed by atoms with Crippen molar-refractivity contribution < 1.29 is 14.3 Å². The number of halogens is 1. The highest BCUT2D eigenvalue weighted by molar-refractivity contribution is 9.10. The van der Waals surface area contributed by atoms with Gasteiger partial charge in [-0.1, -0.05) is 13.8 Å². The van der Waals surface area contributed by atoms with Gasteiger partial charge < -0.3 is 14.4 Å². The second-order valence-electron chi connectivity index (χ2n) is 4.39. The fraction of sp³-hybridized carbons (Fsp3) is 0.562. The summed E-state index contributed by atoms with van der Waals surface area (Å²) in [6.45, 7) is 11.0. The largest absolute Gasteiger partial charge is 0.492 e. The molecule has 0 aromatic heterocycles. The zero-order valence-electron chi connectivity index (χ0n) is 13.2. The maximum atomic E-state index is 12.5. The van der Waals surface area contributed by atoms with Gasteiger partial charge in [0, 0.05) is 24.2 Å². The third-order valence-corrected chi connectivity index (χ3v) is 3.80. The second-order valence-corrected chi connectivity index (χ2v) is 5.24. The molecule has 1 fully saturated rings. The summed E-state index contributed by atoms with van der Waals surface area (Å²) in [7, 11) is 0. The molecule has 1 amide bonds. The molecule has 0 N–H and O–H groups in total. The number of carbonyl (C=O) groups excluding carboxylic acids is 1. The van der Waals surface area contributed by atoms with E-state index in [9.17, 15) is 4.79 Å². The Hall–Kier alpha value is -1.07. The van der Waals surface area contributed by atoms with Crippen LogP contribution >= 0.6 is 15.9 Å². The quantitative estimate of drug-likeness (QED) is 0.828. The summed E-state index contributed by atoms with van der Waals surface area (Å²) in [5.74, 6) is 0.802. The molecule has 21 heavy (non-hydrogen) atoms. The zero-order chi connectivity index (χ0) is 15.8. The van der Waals surface area contributed by atoms with Crippen molar-refractivity contribution in [2.24, 2.45) is 0 Å². The van der Waals surface area contributed by atoms with Crippen LogP contribution in [0.15, 0.2) is 16.6 Å². The number of morpholine rings is 1. The van der Waals surface area contributed by atoms with E-state index in [1.165, 1.54) is 0 Å². The van der Waals surface area contributed by atoms with Gasteiger partial charge in [0.2, 0.25) is 0 Å². The van der Waals surface area contributed by atoms with Crippen LogP contribution in [0.3, 0.4) is 0 Å². The number of hydrogen-bond donors (Lipinski definition) is 0. The highest BCUT2D eigenvalue weighted by Gasteiger charge is 2.22. The maximum Gasteiger partial charge on any atom is 0.254 e. The summed E-state index contributed by atoms with van der Waals surface area (Å²) < 4.78 is 11.8. The van der Waals surface area contributed by atoms with Crippen molar-refractivity contribution in [1.29, 1.82) is 0 Å². The summed E-state index contributed by atoms with van der Waals surface area (Å²) in [5.41, 5.74) is 1.58. The number of rotatable bonds is 3. The molecule has 0 atom stereocenters. The van der Waals surface area contributed by atoms with Crippen molar-refractivity contribution >= 4 is 21.8 Å². The first kappa shape index (κ1) is 18.0. The van der Waals surface area contributed by atoms with Crippen molar-refractivity contribution in [2.45, 2.75) is 27.7 Å². The molecule has 5 heteroatoms.